The van der Waals surface area contributed by atoms with E-state index in [1.807, 2.05) is 36.4 Å². The molecule has 1 amide bonds. The number of rotatable bonds is 8. The number of carbonyl (C=O) groups excluding carboxylic acids is 1. The van der Waals surface area contributed by atoms with Gasteiger partial charge in [-0.3, -0.25) is 4.79 Å². The summed E-state index contributed by atoms with van der Waals surface area (Å²) in [5.41, 5.74) is 2.47. The average Bonchev–Trinajstić information content (AvgIpc) is 2.77. The molecule has 0 spiro atoms. The van der Waals surface area contributed by atoms with Crippen LogP contribution in [0, 0.1) is 0 Å². The summed E-state index contributed by atoms with van der Waals surface area (Å²) in [7, 11) is 0. The van der Waals surface area contributed by atoms with Gasteiger partial charge in [0.15, 0.2) is 5.82 Å². The predicted molar refractivity (Wildman–Crippen MR) is 114 cm³/mol. The molecule has 0 bridgehead atoms. The summed E-state index contributed by atoms with van der Waals surface area (Å²) in [6.07, 6.45) is 3.75. The van der Waals surface area contributed by atoms with Crippen LogP contribution < -0.4 is 10.2 Å². The van der Waals surface area contributed by atoms with Crippen LogP contribution >= 0.6 is 0 Å². The molecule has 0 saturated carbocycles. The van der Waals surface area contributed by atoms with Gasteiger partial charge in [0.25, 0.3) is 5.91 Å². The molecule has 0 radical (unpaired) electrons. The van der Waals surface area contributed by atoms with Crippen LogP contribution in [-0.4, -0.2) is 60.3 Å². The number of benzene rings is 1. The number of likely N-dealkylation sites (N-methyl/N-ethyl adjacent to an activating group) is 1. The van der Waals surface area contributed by atoms with E-state index in [0.29, 0.717) is 12.1 Å². The largest absolute Gasteiger partial charge is 0.355 e. The van der Waals surface area contributed by atoms with Gasteiger partial charge in [-0.05, 0) is 56.6 Å². The number of anilines is 1. The molecule has 1 saturated heterocycles. The van der Waals surface area contributed by atoms with Gasteiger partial charge in [0.2, 0.25) is 0 Å². The Morgan fingerprint density at radius 2 is 1.71 bits per heavy atom. The third kappa shape index (κ3) is 5.29. The van der Waals surface area contributed by atoms with Crippen molar-refractivity contribution in [2.24, 2.45) is 0 Å². The van der Waals surface area contributed by atoms with Gasteiger partial charge in [0, 0.05) is 37.3 Å². The maximum Gasteiger partial charge on any atom is 0.251 e. The number of nitrogens with one attached hydrogen (secondary N) is 1. The first-order valence-electron chi connectivity index (χ1n) is 10.4. The Hall–Kier alpha value is -2.47. The molecule has 1 fully saturated rings. The lowest BCUT2D eigenvalue weighted by Gasteiger charge is -2.27. The second-order valence-electron chi connectivity index (χ2n) is 7.18. The molecule has 150 valence electrons. The summed E-state index contributed by atoms with van der Waals surface area (Å²) in [6, 6.07) is 11.6. The van der Waals surface area contributed by atoms with Gasteiger partial charge >= 0.3 is 0 Å². The normalized spacial score (nSPS) is 14.3. The zero-order chi connectivity index (χ0) is 19.8. The molecule has 2 aromatic rings. The number of carbonyl (C=O) groups is 1. The van der Waals surface area contributed by atoms with Crippen LogP contribution in [0.1, 0.15) is 43.5 Å². The van der Waals surface area contributed by atoms with E-state index >= 15 is 0 Å². The van der Waals surface area contributed by atoms with E-state index in [4.69, 9.17) is 0 Å². The van der Waals surface area contributed by atoms with Crippen LogP contribution in [-0.2, 0) is 0 Å². The Labute approximate surface area is 168 Å². The highest BCUT2D eigenvalue weighted by Gasteiger charge is 2.13. The molecule has 6 nitrogen and oxygen atoms in total. The number of amides is 1. The van der Waals surface area contributed by atoms with E-state index in [2.05, 4.69) is 39.2 Å². The molecule has 1 aliphatic rings. The summed E-state index contributed by atoms with van der Waals surface area (Å²) in [4.78, 5) is 16.9. The smallest absolute Gasteiger partial charge is 0.251 e. The molecule has 0 aliphatic carbocycles. The van der Waals surface area contributed by atoms with E-state index in [9.17, 15) is 4.79 Å². The Kier molecular flexibility index (Phi) is 7.37. The third-order valence-electron chi connectivity index (χ3n) is 5.38. The second kappa shape index (κ2) is 10.2. The van der Waals surface area contributed by atoms with Gasteiger partial charge in [0.1, 0.15) is 0 Å². The zero-order valence-electron chi connectivity index (χ0n) is 17.0. The Balaban J connectivity index is 1.56. The van der Waals surface area contributed by atoms with Gasteiger partial charge in [-0.1, -0.05) is 26.0 Å². The highest BCUT2D eigenvalue weighted by Crippen LogP contribution is 2.21. The minimum absolute atomic E-state index is 0.0368. The molecule has 1 aromatic heterocycles. The lowest BCUT2D eigenvalue weighted by atomic mass is 10.1. The van der Waals surface area contributed by atoms with Crippen LogP contribution in [0.3, 0.4) is 0 Å². The molecule has 0 atom stereocenters. The Morgan fingerprint density at radius 3 is 2.32 bits per heavy atom. The molecule has 1 N–H and O–H groups in total. The highest BCUT2D eigenvalue weighted by molar-refractivity contribution is 5.94. The molecule has 28 heavy (non-hydrogen) atoms. The van der Waals surface area contributed by atoms with Gasteiger partial charge in [-0.2, -0.15) is 0 Å². The fourth-order valence-electron chi connectivity index (χ4n) is 3.53. The standard InChI is InChI=1S/C22H31N5O/c1-3-26(4-2)17-14-23-22(28)19-10-8-18(9-11-19)20-12-13-21(25-24-20)27-15-6-5-7-16-27/h8-13H,3-7,14-17H2,1-2H3,(H,23,28). The van der Waals surface area contributed by atoms with Crippen LogP contribution in [0.5, 0.6) is 0 Å². The molecular weight excluding hydrogens is 350 g/mol. The predicted octanol–water partition coefficient (Wildman–Crippen LogP) is 3.21. The SMILES string of the molecule is CCN(CC)CCNC(=O)c1ccc(-c2ccc(N3CCCCC3)nn2)cc1. The maximum absolute atomic E-state index is 12.3. The fourth-order valence-corrected chi connectivity index (χ4v) is 3.53. The minimum atomic E-state index is -0.0368. The fraction of sp³-hybridized carbons (Fsp3) is 0.500. The lowest BCUT2D eigenvalue weighted by Crippen LogP contribution is -2.34. The van der Waals surface area contributed by atoms with Crippen molar-refractivity contribution >= 4 is 11.7 Å². The number of piperidine rings is 1. The van der Waals surface area contributed by atoms with Crippen LogP contribution in [0.15, 0.2) is 36.4 Å². The Bertz CT molecular complexity index is 735. The van der Waals surface area contributed by atoms with Crippen molar-refractivity contribution in [2.75, 3.05) is 44.2 Å². The molecular formula is C22H31N5O. The van der Waals surface area contributed by atoms with Gasteiger partial charge < -0.3 is 15.1 Å². The van der Waals surface area contributed by atoms with Crippen molar-refractivity contribution in [2.45, 2.75) is 33.1 Å². The van der Waals surface area contributed by atoms with Crippen LogP contribution in [0.2, 0.25) is 0 Å². The summed E-state index contributed by atoms with van der Waals surface area (Å²) in [6.45, 7) is 9.91. The van der Waals surface area contributed by atoms with Crippen molar-refractivity contribution in [3.05, 3.63) is 42.0 Å². The molecule has 1 aromatic carbocycles. The number of nitrogens with zero attached hydrogens (tertiary/aromatic N) is 4. The Morgan fingerprint density at radius 1 is 1.00 bits per heavy atom. The lowest BCUT2D eigenvalue weighted by molar-refractivity contribution is 0.0949. The molecule has 2 heterocycles. The van der Waals surface area contributed by atoms with Crippen molar-refractivity contribution in [1.82, 2.24) is 20.4 Å². The van der Waals surface area contributed by atoms with Crippen molar-refractivity contribution in [3.63, 3.8) is 0 Å². The minimum Gasteiger partial charge on any atom is -0.355 e. The first-order chi connectivity index (χ1) is 13.7. The third-order valence-corrected chi connectivity index (χ3v) is 5.38. The summed E-state index contributed by atoms with van der Waals surface area (Å²) in [5, 5.41) is 11.8. The second-order valence-corrected chi connectivity index (χ2v) is 7.18. The zero-order valence-corrected chi connectivity index (χ0v) is 17.0. The van der Waals surface area contributed by atoms with E-state index in [0.717, 1.165) is 49.8 Å². The summed E-state index contributed by atoms with van der Waals surface area (Å²) in [5.74, 6) is 0.915. The first-order valence-corrected chi connectivity index (χ1v) is 10.4. The molecule has 1 aliphatic heterocycles. The van der Waals surface area contributed by atoms with Gasteiger partial charge in [-0.25, -0.2) is 0 Å². The van der Waals surface area contributed by atoms with Crippen LogP contribution in [0.25, 0.3) is 11.3 Å². The van der Waals surface area contributed by atoms with E-state index in [1.54, 1.807) is 0 Å². The average molecular weight is 382 g/mol. The van der Waals surface area contributed by atoms with Gasteiger partial charge in [-0.15, -0.1) is 10.2 Å². The summed E-state index contributed by atoms with van der Waals surface area (Å²) < 4.78 is 0. The van der Waals surface area contributed by atoms with Crippen molar-refractivity contribution in [3.8, 4) is 11.3 Å². The highest BCUT2D eigenvalue weighted by atomic mass is 16.1. The van der Waals surface area contributed by atoms with Crippen molar-refractivity contribution < 1.29 is 4.79 Å². The van der Waals surface area contributed by atoms with Crippen LogP contribution in [0.4, 0.5) is 5.82 Å². The summed E-state index contributed by atoms with van der Waals surface area (Å²) >= 11 is 0. The monoisotopic (exact) mass is 381 g/mol. The van der Waals surface area contributed by atoms with Crippen molar-refractivity contribution in [1.29, 1.82) is 0 Å². The molecule has 0 unspecified atom stereocenters. The number of hydrogen-bond acceptors (Lipinski definition) is 5. The van der Waals surface area contributed by atoms with E-state index in [-0.39, 0.29) is 5.91 Å². The van der Waals surface area contributed by atoms with E-state index < -0.39 is 0 Å². The first kappa shape index (κ1) is 20.3. The number of aromatic nitrogens is 2. The topological polar surface area (TPSA) is 61.4 Å². The molecule has 6 heteroatoms. The number of hydrogen-bond donors (Lipinski definition) is 1. The maximum atomic E-state index is 12.3. The quantitative estimate of drug-likeness (QED) is 0.761. The molecule has 3 rings (SSSR count). The van der Waals surface area contributed by atoms with Gasteiger partial charge in [0.05, 0.1) is 5.69 Å². The van der Waals surface area contributed by atoms with E-state index in [1.165, 1.54) is 19.3 Å².